The highest BCUT2D eigenvalue weighted by molar-refractivity contribution is 5.12. The van der Waals surface area contributed by atoms with Crippen molar-refractivity contribution in [2.75, 3.05) is 0 Å². The summed E-state index contributed by atoms with van der Waals surface area (Å²) in [5.41, 5.74) is 1.58. The van der Waals surface area contributed by atoms with Crippen LogP contribution in [0.5, 0.6) is 0 Å². The second-order valence-corrected chi connectivity index (χ2v) is 3.94. The van der Waals surface area contributed by atoms with Gasteiger partial charge < -0.3 is 8.94 Å². The van der Waals surface area contributed by atoms with E-state index in [1.165, 1.54) is 10.9 Å². The van der Waals surface area contributed by atoms with E-state index < -0.39 is 5.76 Å². The maximum Gasteiger partial charge on any atom is 0.437 e. The van der Waals surface area contributed by atoms with Gasteiger partial charge in [0.25, 0.3) is 0 Å². The molecule has 0 fully saturated rings. The lowest BCUT2D eigenvalue weighted by Crippen LogP contribution is -2.16. The average Bonchev–Trinajstić information content (AvgIpc) is 2.76. The number of hydrogen-bond donors (Lipinski definition) is 0. The smallest absolute Gasteiger partial charge is 0.392 e. The monoisotopic (exact) mass is 223 g/mol. The first-order valence-corrected chi connectivity index (χ1v) is 5.05. The fourth-order valence-corrected chi connectivity index (χ4v) is 1.28. The van der Waals surface area contributed by atoms with Gasteiger partial charge in [0, 0.05) is 11.5 Å². The van der Waals surface area contributed by atoms with E-state index in [2.05, 4.69) is 10.3 Å². The predicted molar refractivity (Wildman–Crippen MR) is 55.2 cm³/mol. The second kappa shape index (κ2) is 3.96. The molecule has 0 unspecified atom stereocenters. The van der Waals surface area contributed by atoms with Crippen molar-refractivity contribution in [1.82, 2.24) is 14.9 Å². The van der Waals surface area contributed by atoms with Gasteiger partial charge in [0.1, 0.15) is 6.26 Å². The lowest BCUT2D eigenvalue weighted by Gasteiger charge is -1.96. The van der Waals surface area contributed by atoms with Gasteiger partial charge >= 0.3 is 5.76 Å². The number of hydrogen-bond acceptors (Lipinski definition) is 5. The van der Waals surface area contributed by atoms with Crippen LogP contribution in [0, 0.1) is 6.92 Å². The zero-order valence-corrected chi connectivity index (χ0v) is 9.43. The van der Waals surface area contributed by atoms with E-state index in [1.807, 2.05) is 20.8 Å². The van der Waals surface area contributed by atoms with Crippen LogP contribution in [0.25, 0.3) is 0 Å². The summed E-state index contributed by atoms with van der Waals surface area (Å²) in [6.45, 7) is 5.97. The number of nitrogens with zero attached hydrogens (tertiary/aromatic N) is 3. The van der Waals surface area contributed by atoms with Crippen LogP contribution in [0.3, 0.4) is 0 Å². The van der Waals surface area contributed by atoms with E-state index in [1.54, 1.807) is 0 Å². The molecule has 0 amide bonds. The molecule has 86 valence electrons. The Bertz CT molecular complexity index is 535. The lowest BCUT2D eigenvalue weighted by molar-refractivity contribution is 0.413. The van der Waals surface area contributed by atoms with E-state index >= 15 is 0 Å². The topological polar surface area (TPSA) is 74.1 Å². The predicted octanol–water partition coefficient (Wildman–Crippen LogP) is 1.30. The Morgan fingerprint density at radius 3 is 2.75 bits per heavy atom. The molecule has 16 heavy (non-hydrogen) atoms. The summed E-state index contributed by atoms with van der Waals surface area (Å²) in [6.07, 6.45) is 1.51. The molecule has 0 radical (unpaired) electrons. The maximum absolute atomic E-state index is 11.5. The van der Waals surface area contributed by atoms with Crippen molar-refractivity contribution in [3.8, 4) is 0 Å². The quantitative estimate of drug-likeness (QED) is 0.784. The minimum atomic E-state index is -0.454. The number of aromatic nitrogens is 3. The highest BCUT2D eigenvalue weighted by Gasteiger charge is 2.13. The highest BCUT2D eigenvalue weighted by Crippen LogP contribution is 2.10. The molecule has 0 atom stereocenters. The molecule has 2 aromatic rings. The lowest BCUT2D eigenvalue weighted by atomic mass is 10.2. The Morgan fingerprint density at radius 2 is 2.25 bits per heavy atom. The van der Waals surface area contributed by atoms with Crippen molar-refractivity contribution in [3.63, 3.8) is 0 Å². The van der Waals surface area contributed by atoms with Crippen LogP contribution in [0.4, 0.5) is 0 Å². The zero-order chi connectivity index (χ0) is 11.7. The van der Waals surface area contributed by atoms with Crippen LogP contribution in [0.15, 0.2) is 20.0 Å². The van der Waals surface area contributed by atoms with Crippen LogP contribution >= 0.6 is 0 Å². The van der Waals surface area contributed by atoms with Gasteiger partial charge in [0.05, 0.1) is 12.2 Å². The molecule has 0 aromatic carbocycles. The summed E-state index contributed by atoms with van der Waals surface area (Å²) >= 11 is 0. The van der Waals surface area contributed by atoms with Gasteiger partial charge in [-0.05, 0) is 6.92 Å². The van der Waals surface area contributed by atoms with Crippen LogP contribution < -0.4 is 5.76 Å². The molecular formula is C10H13N3O3. The van der Waals surface area contributed by atoms with E-state index in [0.29, 0.717) is 12.4 Å². The van der Waals surface area contributed by atoms with E-state index in [9.17, 15) is 4.79 Å². The molecule has 0 saturated carbocycles. The van der Waals surface area contributed by atoms with Crippen LogP contribution in [0.2, 0.25) is 0 Å². The number of rotatable bonds is 3. The molecule has 6 heteroatoms. The molecule has 2 heterocycles. The van der Waals surface area contributed by atoms with Crippen molar-refractivity contribution >= 4 is 0 Å². The second-order valence-electron chi connectivity index (χ2n) is 3.94. The molecule has 0 spiro atoms. The fourth-order valence-electron chi connectivity index (χ4n) is 1.28. The summed E-state index contributed by atoms with van der Waals surface area (Å²) in [4.78, 5) is 11.5. The van der Waals surface area contributed by atoms with Gasteiger partial charge in [0.15, 0.2) is 0 Å². The standard InChI is InChI=1S/C10H13N3O3/c1-6(2)9-11-13(10(14)16-9)4-8-5-15-12-7(8)3/h5-6H,4H2,1-3H3. The van der Waals surface area contributed by atoms with Gasteiger partial charge in [-0.25, -0.2) is 4.79 Å². The van der Waals surface area contributed by atoms with Gasteiger partial charge in [-0.2, -0.15) is 4.68 Å². The Balaban J connectivity index is 2.29. The molecule has 0 N–H and O–H groups in total. The first-order valence-electron chi connectivity index (χ1n) is 5.05. The number of aryl methyl sites for hydroxylation is 1. The van der Waals surface area contributed by atoms with Crippen molar-refractivity contribution in [2.45, 2.75) is 33.2 Å². The average molecular weight is 223 g/mol. The third-order valence-electron chi connectivity index (χ3n) is 2.29. The zero-order valence-electron chi connectivity index (χ0n) is 9.43. The third-order valence-corrected chi connectivity index (χ3v) is 2.29. The summed E-state index contributed by atoms with van der Waals surface area (Å²) in [7, 11) is 0. The summed E-state index contributed by atoms with van der Waals surface area (Å²) in [5, 5.41) is 7.83. The van der Waals surface area contributed by atoms with Gasteiger partial charge in [-0.15, -0.1) is 5.10 Å². The molecule has 0 bridgehead atoms. The molecule has 2 rings (SSSR count). The van der Waals surface area contributed by atoms with Crippen LogP contribution in [-0.4, -0.2) is 14.9 Å². The van der Waals surface area contributed by atoms with Crippen molar-refractivity contribution in [2.24, 2.45) is 0 Å². The molecule has 2 aromatic heterocycles. The van der Waals surface area contributed by atoms with Gasteiger partial charge in [-0.1, -0.05) is 19.0 Å². The first kappa shape index (κ1) is 10.7. The largest absolute Gasteiger partial charge is 0.437 e. The third kappa shape index (κ3) is 1.91. The fraction of sp³-hybridized carbons (Fsp3) is 0.500. The van der Waals surface area contributed by atoms with Crippen molar-refractivity contribution in [1.29, 1.82) is 0 Å². The molecule has 0 aliphatic carbocycles. The minimum absolute atomic E-state index is 0.0949. The summed E-state index contributed by atoms with van der Waals surface area (Å²) in [6, 6.07) is 0. The van der Waals surface area contributed by atoms with E-state index in [-0.39, 0.29) is 5.92 Å². The normalized spacial score (nSPS) is 11.2. The SMILES string of the molecule is Cc1nocc1Cn1nc(C(C)C)oc1=O. The molecule has 0 aliphatic rings. The molecule has 0 saturated heterocycles. The highest BCUT2D eigenvalue weighted by atomic mass is 16.5. The minimum Gasteiger partial charge on any atom is -0.392 e. The van der Waals surface area contributed by atoms with Crippen LogP contribution in [0.1, 0.15) is 36.9 Å². The van der Waals surface area contributed by atoms with E-state index in [0.717, 1.165) is 11.3 Å². The summed E-state index contributed by atoms with van der Waals surface area (Å²) in [5.74, 6) is 0.0842. The summed E-state index contributed by atoms with van der Waals surface area (Å²) < 4.78 is 11.1. The van der Waals surface area contributed by atoms with Crippen molar-refractivity contribution in [3.05, 3.63) is 34.0 Å². The molecule has 6 nitrogen and oxygen atoms in total. The van der Waals surface area contributed by atoms with Gasteiger partial charge in [0.2, 0.25) is 5.89 Å². The molecule has 0 aliphatic heterocycles. The maximum atomic E-state index is 11.5. The van der Waals surface area contributed by atoms with Gasteiger partial charge in [-0.3, -0.25) is 0 Å². The van der Waals surface area contributed by atoms with Crippen LogP contribution in [-0.2, 0) is 6.54 Å². The Labute approximate surface area is 91.9 Å². The Kier molecular flexibility index (Phi) is 2.64. The first-order chi connectivity index (χ1) is 7.58. The Hall–Kier alpha value is -1.85. The van der Waals surface area contributed by atoms with E-state index in [4.69, 9.17) is 8.94 Å². The van der Waals surface area contributed by atoms with Crippen molar-refractivity contribution < 1.29 is 8.94 Å². The molecular weight excluding hydrogens is 210 g/mol. The Morgan fingerprint density at radius 1 is 1.50 bits per heavy atom.